The molecule has 4 heteroatoms. The number of hydrogen-bond donors (Lipinski definition) is 2. The molecule has 0 bridgehead atoms. The third-order valence-electron chi connectivity index (χ3n) is 3.00. The van der Waals surface area contributed by atoms with E-state index in [4.69, 9.17) is 5.73 Å². The Kier molecular flexibility index (Phi) is 4.69. The van der Waals surface area contributed by atoms with Gasteiger partial charge in [0.2, 0.25) is 0 Å². The molecule has 0 spiro atoms. The van der Waals surface area contributed by atoms with E-state index in [0.29, 0.717) is 16.5 Å². The van der Waals surface area contributed by atoms with Crippen molar-refractivity contribution in [1.82, 2.24) is 0 Å². The summed E-state index contributed by atoms with van der Waals surface area (Å²) >= 11 is 3.30. The number of hydrogen-bond acceptors (Lipinski definition) is 2. The van der Waals surface area contributed by atoms with Crippen molar-refractivity contribution < 1.29 is 9.50 Å². The SMILES string of the molecule is NC(Cc1ccccc1)C(O)c1cc(F)ccc1Br. The Hall–Kier alpha value is -1.23. The van der Waals surface area contributed by atoms with Crippen molar-refractivity contribution in [2.24, 2.45) is 5.73 Å². The monoisotopic (exact) mass is 323 g/mol. The molecule has 0 radical (unpaired) electrons. The topological polar surface area (TPSA) is 46.2 Å². The molecule has 100 valence electrons. The minimum atomic E-state index is -0.912. The van der Waals surface area contributed by atoms with Crippen molar-refractivity contribution in [3.05, 3.63) is 69.9 Å². The largest absolute Gasteiger partial charge is 0.387 e. The molecule has 0 aromatic heterocycles. The van der Waals surface area contributed by atoms with Crippen LogP contribution in [0.2, 0.25) is 0 Å². The predicted molar refractivity (Wildman–Crippen MR) is 77.2 cm³/mol. The number of rotatable bonds is 4. The highest BCUT2D eigenvalue weighted by Crippen LogP contribution is 2.27. The van der Waals surface area contributed by atoms with Crippen molar-refractivity contribution >= 4 is 15.9 Å². The van der Waals surface area contributed by atoms with Gasteiger partial charge in [-0.05, 0) is 35.7 Å². The van der Waals surface area contributed by atoms with Crippen molar-refractivity contribution in [1.29, 1.82) is 0 Å². The van der Waals surface area contributed by atoms with E-state index in [1.54, 1.807) is 6.07 Å². The summed E-state index contributed by atoms with van der Waals surface area (Å²) < 4.78 is 13.9. The summed E-state index contributed by atoms with van der Waals surface area (Å²) in [6.07, 6.45) is -0.379. The van der Waals surface area contributed by atoms with Crippen molar-refractivity contribution in [2.75, 3.05) is 0 Å². The number of aliphatic hydroxyl groups excluding tert-OH is 1. The lowest BCUT2D eigenvalue weighted by atomic mass is 9.97. The summed E-state index contributed by atoms with van der Waals surface area (Å²) in [5.41, 5.74) is 7.53. The molecular formula is C15H15BrFNO. The van der Waals surface area contributed by atoms with Crippen LogP contribution in [0.15, 0.2) is 53.0 Å². The molecule has 2 aromatic rings. The second kappa shape index (κ2) is 6.28. The van der Waals surface area contributed by atoms with E-state index >= 15 is 0 Å². The first-order chi connectivity index (χ1) is 9.08. The molecule has 0 aliphatic heterocycles. The average Bonchev–Trinajstić information content (AvgIpc) is 2.42. The quantitative estimate of drug-likeness (QED) is 0.907. The summed E-state index contributed by atoms with van der Waals surface area (Å²) in [6, 6.07) is 13.4. The Morgan fingerprint density at radius 2 is 1.84 bits per heavy atom. The van der Waals surface area contributed by atoms with E-state index in [0.717, 1.165) is 5.56 Å². The van der Waals surface area contributed by atoms with Crippen LogP contribution in [0.4, 0.5) is 4.39 Å². The Morgan fingerprint density at radius 3 is 2.53 bits per heavy atom. The van der Waals surface area contributed by atoms with Gasteiger partial charge in [-0.1, -0.05) is 46.3 Å². The van der Waals surface area contributed by atoms with Gasteiger partial charge in [0.05, 0.1) is 6.10 Å². The zero-order valence-electron chi connectivity index (χ0n) is 10.3. The minimum absolute atomic E-state index is 0.385. The fourth-order valence-corrected chi connectivity index (χ4v) is 2.45. The first-order valence-electron chi connectivity index (χ1n) is 6.00. The lowest BCUT2D eigenvalue weighted by Crippen LogP contribution is -2.31. The molecule has 0 heterocycles. The predicted octanol–water partition coefficient (Wildman–Crippen LogP) is 3.19. The maximum atomic E-state index is 13.2. The second-order valence-corrected chi connectivity index (χ2v) is 5.32. The van der Waals surface area contributed by atoms with Gasteiger partial charge in [-0.3, -0.25) is 0 Å². The van der Waals surface area contributed by atoms with Crippen LogP contribution in [0.3, 0.4) is 0 Å². The third-order valence-corrected chi connectivity index (χ3v) is 3.72. The highest BCUT2D eigenvalue weighted by atomic mass is 79.9. The summed E-state index contributed by atoms with van der Waals surface area (Å²) in [6.45, 7) is 0. The summed E-state index contributed by atoms with van der Waals surface area (Å²) in [4.78, 5) is 0. The zero-order chi connectivity index (χ0) is 13.8. The second-order valence-electron chi connectivity index (χ2n) is 4.46. The van der Waals surface area contributed by atoms with Crippen LogP contribution in [0.25, 0.3) is 0 Å². The third kappa shape index (κ3) is 3.62. The zero-order valence-corrected chi connectivity index (χ0v) is 11.8. The number of halogens is 2. The lowest BCUT2D eigenvalue weighted by molar-refractivity contribution is 0.145. The molecular weight excluding hydrogens is 309 g/mol. The smallest absolute Gasteiger partial charge is 0.123 e. The van der Waals surface area contributed by atoms with Gasteiger partial charge in [0, 0.05) is 10.5 Å². The van der Waals surface area contributed by atoms with Crippen molar-refractivity contribution in [3.63, 3.8) is 0 Å². The Morgan fingerprint density at radius 1 is 1.16 bits per heavy atom. The van der Waals surface area contributed by atoms with E-state index in [9.17, 15) is 9.50 Å². The molecule has 0 saturated heterocycles. The van der Waals surface area contributed by atoms with Crippen LogP contribution in [0, 0.1) is 5.82 Å². The van der Waals surface area contributed by atoms with E-state index in [-0.39, 0.29) is 5.82 Å². The Labute approximate surface area is 120 Å². The van der Waals surface area contributed by atoms with Gasteiger partial charge in [-0.25, -0.2) is 4.39 Å². The van der Waals surface area contributed by atoms with E-state index in [1.165, 1.54) is 12.1 Å². The molecule has 0 fully saturated rings. The Balaban J connectivity index is 2.14. The normalized spacial score (nSPS) is 14.1. The molecule has 19 heavy (non-hydrogen) atoms. The first-order valence-corrected chi connectivity index (χ1v) is 6.80. The van der Waals surface area contributed by atoms with Gasteiger partial charge in [-0.15, -0.1) is 0 Å². The van der Waals surface area contributed by atoms with E-state index < -0.39 is 12.1 Å². The van der Waals surface area contributed by atoms with Gasteiger partial charge < -0.3 is 10.8 Å². The molecule has 2 rings (SSSR count). The molecule has 2 unspecified atom stereocenters. The van der Waals surface area contributed by atoms with Crippen LogP contribution in [0.1, 0.15) is 17.2 Å². The van der Waals surface area contributed by atoms with Crippen molar-refractivity contribution in [2.45, 2.75) is 18.6 Å². The lowest BCUT2D eigenvalue weighted by Gasteiger charge is -2.20. The average molecular weight is 324 g/mol. The van der Waals surface area contributed by atoms with Gasteiger partial charge >= 0.3 is 0 Å². The van der Waals surface area contributed by atoms with Crippen LogP contribution in [0.5, 0.6) is 0 Å². The van der Waals surface area contributed by atoms with Gasteiger partial charge in [0.25, 0.3) is 0 Å². The molecule has 3 N–H and O–H groups in total. The van der Waals surface area contributed by atoms with Gasteiger partial charge in [0.15, 0.2) is 0 Å². The van der Waals surface area contributed by atoms with Crippen molar-refractivity contribution in [3.8, 4) is 0 Å². The van der Waals surface area contributed by atoms with Crippen LogP contribution in [-0.4, -0.2) is 11.1 Å². The number of nitrogens with two attached hydrogens (primary N) is 1. The fourth-order valence-electron chi connectivity index (χ4n) is 1.97. The standard InChI is InChI=1S/C15H15BrFNO/c16-13-7-6-11(17)9-12(13)15(19)14(18)8-10-4-2-1-3-5-10/h1-7,9,14-15,19H,8,18H2. The molecule has 2 atom stereocenters. The summed E-state index contributed by atoms with van der Waals surface area (Å²) in [7, 11) is 0. The van der Waals surface area contributed by atoms with E-state index in [1.807, 2.05) is 30.3 Å². The Bertz CT molecular complexity index is 547. The molecule has 0 saturated carbocycles. The minimum Gasteiger partial charge on any atom is -0.387 e. The fraction of sp³-hybridized carbons (Fsp3) is 0.200. The molecule has 0 amide bonds. The van der Waals surface area contributed by atoms with Gasteiger partial charge in [-0.2, -0.15) is 0 Å². The van der Waals surface area contributed by atoms with E-state index in [2.05, 4.69) is 15.9 Å². The molecule has 0 aliphatic carbocycles. The molecule has 0 aliphatic rings. The number of aliphatic hydroxyl groups is 1. The maximum Gasteiger partial charge on any atom is 0.123 e. The summed E-state index contributed by atoms with van der Waals surface area (Å²) in [5.74, 6) is -0.385. The highest BCUT2D eigenvalue weighted by Gasteiger charge is 2.20. The molecule has 2 aromatic carbocycles. The van der Waals surface area contributed by atoms with Gasteiger partial charge in [0.1, 0.15) is 5.82 Å². The van der Waals surface area contributed by atoms with Crippen LogP contribution >= 0.6 is 15.9 Å². The number of benzene rings is 2. The van der Waals surface area contributed by atoms with Crippen LogP contribution in [-0.2, 0) is 6.42 Å². The first kappa shape index (κ1) is 14.2. The highest BCUT2D eigenvalue weighted by molar-refractivity contribution is 9.10. The maximum absolute atomic E-state index is 13.2. The summed E-state index contributed by atoms with van der Waals surface area (Å²) in [5, 5.41) is 10.2. The molecule has 2 nitrogen and oxygen atoms in total. The van der Waals surface area contributed by atoms with Crippen LogP contribution < -0.4 is 5.73 Å².